The maximum absolute atomic E-state index is 8.85. The topological polar surface area (TPSA) is 53.0 Å². The van der Waals surface area contributed by atoms with Crippen molar-refractivity contribution in [3.8, 4) is 6.07 Å². The molecule has 1 fully saturated rings. The number of piperidine rings is 1. The van der Waals surface area contributed by atoms with Gasteiger partial charge in [0.25, 0.3) is 0 Å². The highest BCUT2D eigenvalue weighted by molar-refractivity contribution is 4.90. The lowest BCUT2D eigenvalue weighted by atomic mass is 9.87. The van der Waals surface area contributed by atoms with Gasteiger partial charge in [0.1, 0.15) is 0 Å². The third-order valence-electron chi connectivity index (χ3n) is 3.99. The Morgan fingerprint density at radius 1 is 1.50 bits per heavy atom. The van der Waals surface area contributed by atoms with Crippen molar-refractivity contribution in [1.29, 1.82) is 5.26 Å². The molecule has 0 spiro atoms. The highest BCUT2D eigenvalue weighted by atomic mass is 15.2. The Balaban J connectivity index is 2.61. The molecule has 0 bridgehead atoms. The Morgan fingerprint density at radius 3 is 2.75 bits per heavy atom. The first-order chi connectivity index (χ1) is 7.76. The third kappa shape index (κ3) is 3.20. The maximum Gasteiger partial charge on any atom is 0.0638 e. The Bertz CT molecular complexity index is 234. The van der Waals surface area contributed by atoms with Gasteiger partial charge in [0.2, 0.25) is 0 Å². The van der Waals surface area contributed by atoms with E-state index in [0.29, 0.717) is 18.5 Å². The molecule has 16 heavy (non-hydrogen) atoms. The van der Waals surface area contributed by atoms with E-state index in [1.807, 2.05) is 0 Å². The molecule has 0 amide bonds. The lowest BCUT2D eigenvalue weighted by molar-refractivity contribution is 0.0699. The van der Waals surface area contributed by atoms with Crippen LogP contribution in [0.4, 0.5) is 0 Å². The Morgan fingerprint density at radius 2 is 2.25 bits per heavy atom. The molecule has 0 radical (unpaired) electrons. The van der Waals surface area contributed by atoms with Crippen LogP contribution in [0.1, 0.15) is 46.0 Å². The van der Waals surface area contributed by atoms with Gasteiger partial charge in [-0.25, -0.2) is 0 Å². The lowest BCUT2D eigenvalue weighted by Crippen LogP contribution is -2.51. The summed E-state index contributed by atoms with van der Waals surface area (Å²) < 4.78 is 0. The van der Waals surface area contributed by atoms with Gasteiger partial charge in [0.15, 0.2) is 0 Å². The van der Waals surface area contributed by atoms with Crippen molar-refractivity contribution in [2.24, 2.45) is 11.7 Å². The second-order valence-corrected chi connectivity index (χ2v) is 4.85. The normalized spacial score (nSPS) is 28.6. The van der Waals surface area contributed by atoms with E-state index in [1.165, 1.54) is 19.3 Å². The van der Waals surface area contributed by atoms with Crippen LogP contribution in [0.25, 0.3) is 0 Å². The highest BCUT2D eigenvalue weighted by Gasteiger charge is 2.30. The van der Waals surface area contributed by atoms with E-state index in [9.17, 15) is 0 Å². The van der Waals surface area contributed by atoms with Gasteiger partial charge in [0.05, 0.1) is 12.5 Å². The van der Waals surface area contributed by atoms with Crippen molar-refractivity contribution >= 4 is 0 Å². The fourth-order valence-electron chi connectivity index (χ4n) is 2.84. The monoisotopic (exact) mass is 223 g/mol. The fourth-order valence-corrected chi connectivity index (χ4v) is 2.84. The van der Waals surface area contributed by atoms with E-state index in [0.717, 1.165) is 25.4 Å². The van der Waals surface area contributed by atoms with Crippen LogP contribution in [0.15, 0.2) is 0 Å². The molecule has 3 atom stereocenters. The first-order valence-electron chi connectivity index (χ1n) is 6.59. The lowest BCUT2D eigenvalue weighted by Gasteiger charge is -2.42. The van der Waals surface area contributed by atoms with Crippen molar-refractivity contribution in [1.82, 2.24) is 4.90 Å². The van der Waals surface area contributed by atoms with E-state index in [2.05, 4.69) is 24.8 Å². The predicted octanol–water partition coefficient (Wildman–Crippen LogP) is 2.13. The SMILES string of the molecule is CCC1CCN(C(CC)CC#N)C(CN)C1. The van der Waals surface area contributed by atoms with Crippen molar-refractivity contribution in [2.45, 2.75) is 58.0 Å². The molecule has 2 N–H and O–H groups in total. The quantitative estimate of drug-likeness (QED) is 0.777. The predicted molar refractivity (Wildman–Crippen MR) is 66.9 cm³/mol. The average Bonchev–Trinajstić information content (AvgIpc) is 2.35. The molecule has 0 aliphatic carbocycles. The minimum Gasteiger partial charge on any atom is -0.329 e. The number of likely N-dealkylation sites (tertiary alicyclic amines) is 1. The minimum atomic E-state index is 0.413. The molecule has 0 saturated carbocycles. The van der Waals surface area contributed by atoms with Crippen LogP contribution < -0.4 is 5.73 Å². The molecule has 0 aromatic carbocycles. The van der Waals surface area contributed by atoms with Crippen LogP contribution in [0.5, 0.6) is 0 Å². The van der Waals surface area contributed by atoms with Crippen molar-refractivity contribution in [3.05, 3.63) is 0 Å². The molecule has 1 aliphatic heterocycles. The molecule has 0 aromatic heterocycles. The summed E-state index contributed by atoms with van der Waals surface area (Å²) in [5.74, 6) is 0.837. The van der Waals surface area contributed by atoms with Gasteiger partial charge >= 0.3 is 0 Å². The van der Waals surface area contributed by atoms with Crippen LogP contribution in [0, 0.1) is 17.2 Å². The first-order valence-corrected chi connectivity index (χ1v) is 6.59. The summed E-state index contributed by atoms with van der Waals surface area (Å²) in [6, 6.07) is 3.21. The summed E-state index contributed by atoms with van der Waals surface area (Å²) in [5.41, 5.74) is 5.87. The zero-order valence-electron chi connectivity index (χ0n) is 10.7. The maximum atomic E-state index is 8.85. The molecule has 92 valence electrons. The zero-order valence-corrected chi connectivity index (χ0v) is 10.7. The van der Waals surface area contributed by atoms with E-state index in [1.54, 1.807) is 0 Å². The van der Waals surface area contributed by atoms with E-state index < -0.39 is 0 Å². The molecule has 1 saturated heterocycles. The van der Waals surface area contributed by atoms with E-state index in [4.69, 9.17) is 11.0 Å². The number of hydrogen-bond acceptors (Lipinski definition) is 3. The molecule has 3 unspecified atom stereocenters. The smallest absolute Gasteiger partial charge is 0.0638 e. The van der Waals surface area contributed by atoms with Gasteiger partial charge in [-0.05, 0) is 31.7 Å². The zero-order chi connectivity index (χ0) is 12.0. The van der Waals surface area contributed by atoms with Crippen LogP contribution in [0.3, 0.4) is 0 Å². The summed E-state index contributed by atoms with van der Waals surface area (Å²) in [7, 11) is 0. The van der Waals surface area contributed by atoms with Gasteiger partial charge in [-0.3, -0.25) is 4.90 Å². The number of nitriles is 1. The van der Waals surface area contributed by atoms with Gasteiger partial charge in [0, 0.05) is 18.6 Å². The Hall–Kier alpha value is -0.590. The molecule has 1 aliphatic rings. The van der Waals surface area contributed by atoms with Crippen LogP contribution in [-0.2, 0) is 0 Å². The fraction of sp³-hybridized carbons (Fsp3) is 0.923. The molecular weight excluding hydrogens is 198 g/mol. The molecule has 3 heteroatoms. The highest BCUT2D eigenvalue weighted by Crippen LogP contribution is 2.27. The second-order valence-electron chi connectivity index (χ2n) is 4.85. The summed E-state index contributed by atoms with van der Waals surface area (Å²) in [6.07, 6.45) is 5.45. The van der Waals surface area contributed by atoms with Gasteiger partial charge in [-0.2, -0.15) is 5.26 Å². The molecule has 1 heterocycles. The Kier molecular flexibility index (Phi) is 5.79. The minimum absolute atomic E-state index is 0.413. The molecular formula is C13H25N3. The van der Waals surface area contributed by atoms with E-state index in [-0.39, 0.29) is 0 Å². The molecule has 3 nitrogen and oxygen atoms in total. The van der Waals surface area contributed by atoms with Gasteiger partial charge in [-0.15, -0.1) is 0 Å². The molecule has 0 aromatic rings. The van der Waals surface area contributed by atoms with Crippen LogP contribution in [-0.4, -0.2) is 30.1 Å². The molecule has 1 rings (SSSR count). The number of nitrogens with two attached hydrogens (primary N) is 1. The van der Waals surface area contributed by atoms with Crippen molar-refractivity contribution in [3.63, 3.8) is 0 Å². The summed E-state index contributed by atoms with van der Waals surface area (Å²) >= 11 is 0. The first kappa shape index (κ1) is 13.5. The standard InChI is InChI=1S/C13H25N3/c1-3-11-6-8-16(13(9-11)10-15)12(4-2)5-7-14/h11-13H,3-6,8-10,15H2,1-2H3. The summed E-state index contributed by atoms with van der Waals surface area (Å²) in [6.45, 7) is 6.29. The largest absolute Gasteiger partial charge is 0.329 e. The van der Waals surface area contributed by atoms with E-state index >= 15 is 0 Å². The van der Waals surface area contributed by atoms with Crippen LogP contribution >= 0.6 is 0 Å². The average molecular weight is 223 g/mol. The number of nitrogens with zero attached hydrogens (tertiary/aromatic N) is 2. The van der Waals surface area contributed by atoms with Gasteiger partial charge in [-0.1, -0.05) is 20.3 Å². The van der Waals surface area contributed by atoms with Crippen molar-refractivity contribution < 1.29 is 0 Å². The Labute approximate surface area is 99.6 Å². The summed E-state index contributed by atoms with van der Waals surface area (Å²) in [5, 5.41) is 8.85. The number of rotatable bonds is 5. The van der Waals surface area contributed by atoms with Gasteiger partial charge < -0.3 is 5.73 Å². The second kappa shape index (κ2) is 6.88. The summed E-state index contributed by atoms with van der Waals surface area (Å²) in [4.78, 5) is 2.48. The van der Waals surface area contributed by atoms with Crippen LogP contribution in [0.2, 0.25) is 0 Å². The third-order valence-corrected chi connectivity index (χ3v) is 3.99. The number of hydrogen-bond donors (Lipinski definition) is 1. The van der Waals surface area contributed by atoms with Crippen molar-refractivity contribution in [2.75, 3.05) is 13.1 Å².